The molecule has 2 unspecified atom stereocenters. The lowest BCUT2D eigenvalue weighted by Crippen LogP contribution is -2.37. The summed E-state index contributed by atoms with van der Waals surface area (Å²) in [5.41, 5.74) is 4.01. The van der Waals surface area contributed by atoms with Crippen molar-refractivity contribution in [1.29, 1.82) is 0 Å². The molecule has 0 bridgehead atoms. The van der Waals surface area contributed by atoms with Gasteiger partial charge in [-0.05, 0) is 52.1 Å². The Morgan fingerprint density at radius 3 is 1.89 bits per heavy atom. The highest BCUT2D eigenvalue weighted by Gasteiger charge is 2.40. The molecule has 0 aliphatic heterocycles. The van der Waals surface area contributed by atoms with Crippen LogP contribution in [-0.2, 0) is 15.1 Å². The molecule has 1 heterocycles. The number of carbonyl (C=O) groups excluding carboxylic acids is 2. The molecule has 5 aromatic carbocycles. The fourth-order valence-corrected chi connectivity index (χ4v) is 6.29. The number of carbonyl (C=O) groups is 2. The largest absolute Gasteiger partial charge is 0.464 e. The Morgan fingerprint density at radius 2 is 1.35 bits per heavy atom. The van der Waals surface area contributed by atoms with Gasteiger partial charge in [-0.25, -0.2) is 9.78 Å². The molecule has 0 spiro atoms. The zero-order chi connectivity index (χ0) is 32.1. The molecule has 2 atom stereocenters. The summed E-state index contributed by atoms with van der Waals surface area (Å²) in [6.07, 6.45) is 2.17. The number of ether oxygens (including phenoxy) is 1. The number of benzene rings is 5. The zero-order valence-corrected chi connectivity index (χ0v) is 25.7. The molecule has 0 aliphatic carbocycles. The van der Waals surface area contributed by atoms with E-state index in [1.54, 1.807) is 26.4 Å². The Hall–Kier alpha value is -5.53. The summed E-state index contributed by atoms with van der Waals surface area (Å²) >= 11 is 0. The highest BCUT2D eigenvalue weighted by molar-refractivity contribution is 5.98. The quantitative estimate of drug-likeness (QED) is 0.141. The molecular weight excluding hydrogens is 574 g/mol. The molecule has 7 nitrogen and oxygen atoms in total. The summed E-state index contributed by atoms with van der Waals surface area (Å²) in [7, 11) is 1.60. The summed E-state index contributed by atoms with van der Waals surface area (Å²) in [5.74, 6) is -1.73. The van der Waals surface area contributed by atoms with E-state index in [-0.39, 0.29) is 12.5 Å². The van der Waals surface area contributed by atoms with E-state index < -0.39 is 23.5 Å². The average Bonchev–Trinajstić information content (AvgIpc) is 3.59. The first-order valence-corrected chi connectivity index (χ1v) is 15.3. The Kier molecular flexibility index (Phi) is 8.76. The Bertz CT molecular complexity index is 1860. The van der Waals surface area contributed by atoms with Crippen molar-refractivity contribution in [2.75, 3.05) is 13.7 Å². The fourth-order valence-electron chi connectivity index (χ4n) is 6.29. The SMILES string of the molecule is CCOC(=O)C(O)C(c1ccc2cc(C(=O)NC)ccc2c1)c1cn(C(c2ccccc2)(c2ccccc2)c2ccccc2)cn1. The number of aromatic nitrogens is 2. The number of esters is 1. The third-order valence-electron chi connectivity index (χ3n) is 8.44. The minimum Gasteiger partial charge on any atom is -0.464 e. The van der Waals surface area contributed by atoms with E-state index in [2.05, 4.69) is 46.3 Å². The van der Waals surface area contributed by atoms with E-state index in [9.17, 15) is 14.7 Å². The average molecular weight is 610 g/mol. The van der Waals surface area contributed by atoms with Crippen LogP contribution in [0.3, 0.4) is 0 Å². The number of fused-ring (bicyclic) bond motifs is 1. The summed E-state index contributed by atoms with van der Waals surface area (Å²) in [6, 6.07) is 41.8. The van der Waals surface area contributed by atoms with Crippen molar-refractivity contribution in [3.8, 4) is 0 Å². The highest BCUT2D eigenvalue weighted by atomic mass is 16.5. The zero-order valence-electron chi connectivity index (χ0n) is 25.7. The van der Waals surface area contributed by atoms with Crippen LogP contribution in [0.2, 0.25) is 0 Å². The van der Waals surface area contributed by atoms with E-state index in [0.717, 1.165) is 27.5 Å². The molecule has 7 heteroatoms. The van der Waals surface area contributed by atoms with Crippen molar-refractivity contribution in [3.63, 3.8) is 0 Å². The van der Waals surface area contributed by atoms with E-state index >= 15 is 0 Å². The van der Waals surface area contributed by atoms with Crippen LogP contribution in [0.5, 0.6) is 0 Å². The summed E-state index contributed by atoms with van der Waals surface area (Å²) in [4.78, 5) is 30.2. The molecular formula is C39H35N3O4. The smallest absolute Gasteiger partial charge is 0.336 e. The molecule has 6 aromatic rings. The van der Waals surface area contributed by atoms with Crippen LogP contribution in [0.15, 0.2) is 140 Å². The lowest BCUT2D eigenvalue weighted by molar-refractivity contribution is -0.153. The van der Waals surface area contributed by atoms with E-state index in [1.807, 2.05) is 91.1 Å². The molecule has 0 radical (unpaired) electrons. The van der Waals surface area contributed by atoms with Crippen LogP contribution in [0, 0.1) is 0 Å². The lowest BCUT2D eigenvalue weighted by atomic mass is 9.76. The van der Waals surface area contributed by atoms with Crippen LogP contribution in [0.4, 0.5) is 0 Å². The van der Waals surface area contributed by atoms with Crippen LogP contribution < -0.4 is 5.32 Å². The van der Waals surface area contributed by atoms with E-state index in [0.29, 0.717) is 16.8 Å². The number of imidazole rings is 1. The van der Waals surface area contributed by atoms with Gasteiger partial charge in [-0.3, -0.25) is 4.79 Å². The second-order valence-electron chi connectivity index (χ2n) is 11.1. The van der Waals surface area contributed by atoms with E-state index in [4.69, 9.17) is 9.72 Å². The molecule has 46 heavy (non-hydrogen) atoms. The molecule has 6 rings (SSSR count). The minimum atomic E-state index is -1.51. The van der Waals surface area contributed by atoms with Crippen molar-refractivity contribution < 1.29 is 19.4 Å². The normalized spacial score (nSPS) is 12.8. The number of rotatable bonds is 10. The van der Waals surface area contributed by atoms with Crippen molar-refractivity contribution in [2.24, 2.45) is 0 Å². The van der Waals surface area contributed by atoms with Crippen molar-refractivity contribution in [2.45, 2.75) is 24.5 Å². The Balaban J connectivity index is 1.55. The minimum absolute atomic E-state index is 0.135. The highest BCUT2D eigenvalue weighted by Crippen LogP contribution is 2.42. The molecule has 0 saturated heterocycles. The van der Waals surface area contributed by atoms with Gasteiger partial charge in [0.2, 0.25) is 0 Å². The number of amides is 1. The Morgan fingerprint density at radius 1 is 0.804 bits per heavy atom. The molecule has 0 aliphatic rings. The standard InChI is InChI=1S/C39H35N3O4/c1-3-46-38(45)36(43)35(29-21-19-28-24-30(37(44)40-2)22-20-27(28)23-29)34-25-42(26-41-34)39(31-13-7-4-8-14-31,32-15-9-5-10-16-32)33-17-11-6-12-18-33/h4-26,35-36,43H,3H2,1-2H3,(H,40,44). The number of hydrogen-bond donors (Lipinski definition) is 2. The maximum Gasteiger partial charge on any atom is 0.336 e. The second kappa shape index (κ2) is 13.2. The number of aliphatic hydroxyl groups is 1. The first-order valence-electron chi connectivity index (χ1n) is 15.3. The number of aliphatic hydroxyl groups excluding tert-OH is 1. The van der Waals surface area contributed by atoms with Gasteiger partial charge in [-0.1, -0.05) is 115 Å². The summed E-state index contributed by atoms with van der Waals surface area (Å²) < 4.78 is 7.34. The van der Waals surface area contributed by atoms with Gasteiger partial charge in [0.25, 0.3) is 5.91 Å². The first-order chi connectivity index (χ1) is 22.5. The maximum absolute atomic E-state index is 13.1. The third-order valence-corrected chi connectivity index (χ3v) is 8.44. The first kappa shape index (κ1) is 30.5. The number of nitrogens with one attached hydrogen (secondary N) is 1. The predicted molar refractivity (Wildman–Crippen MR) is 179 cm³/mol. The Labute approximate surface area is 268 Å². The predicted octanol–water partition coefficient (Wildman–Crippen LogP) is 6.29. The van der Waals surface area contributed by atoms with Gasteiger partial charge in [0, 0.05) is 18.8 Å². The molecule has 0 fully saturated rings. The van der Waals surface area contributed by atoms with Gasteiger partial charge in [0.1, 0.15) is 5.54 Å². The van der Waals surface area contributed by atoms with Crippen molar-refractivity contribution in [3.05, 3.63) is 173 Å². The number of nitrogens with zero attached hydrogens (tertiary/aromatic N) is 2. The van der Waals surface area contributed by atoms with Crippen LogP contribution in [0.1, 0.15) is 51.1 Å². The van der Waals surface area contributed by atoms with Crippen LogP contribution in [-0.4, -0.2) is 46.3 Å². The fraction of sp³-hybridized carbons (Fsp3) is 0.154. The second-order valence-corrected chi connectivity index (χ2v) is 11.1. The molecule has 1 aromatic heterocycles. The lowest BCUT2D eigenvalue weighted by Gasteiger charge is -2.37. The molecule has 0 saturated carbocycles. The van der Waals surface area contributed by atoms with Crippen LogP contribution in [0.25, 0.3) is 10.8 Å². The van der Waals surface area contributed by atoms with Crippen molar-refractivity contribution in [1.82, 2.24) is 14.9 Å². The van der Waals surface area contributed by atoms with Crippen molar-refractivity contribution >= 4 is 22.6 Å². The third kappa shape index (κ3) is 5.57. The van der Waals surface area contributed by atoms with Gasteiger partial charge >= 0.3 is 5.97 Å². The van der Waals surface area contributed by atoms with Gasteiger partial charge < -0.3 is 19.7 Å². The summed E-state index contributed by atoms with van der Waals surface area (Å²) in [6.45, 7) is 1.85. The van der Waals surface area contributed by atoms with Gasteiger partial charge in [0.05, 0.1) is 24.5 Å². The van der Waals surface area contributed by atoms with Gasteiger partial charge in [-0.2, -0.15) is 0 Å². The van der Waals surface area contributed by atoms with Crippen LogP contribution >= 0.6 is 0 Å². The molecule has 1 amide bonds. The van der Waals surface area contributed by atoms with Gasteiger partial charge in [-0.15, -0.1) is 0 Å². The maximum atomic E-state index is 13.1. The molecule has 230 valence electrons. The summed E-state index contributed by atoms with van der Waals surface area (Å²) in [5, 5.41) is 15.9. The van der Waals surface area contributed by atoms with E-state index in [1.165, 1.54) is 0 Å². The number of hydrogen-bond acceptors (Lipinski definition) is 5. The monoisotopic (exact) mass is 609 g/mol. The molecule has 2 N–H and O–H groups in total. The topological polar surface area (TPSA) is 93.5 Å². The van der Waals surface area contributed by atoms with Gasteiger partial charge in [0.15, 0.2) is 6.10 Å².